The van der Waals surface area contributed by atoms with Crippen LogP contribution in [0.1, 0.15) is 27.3 Å². The van der Waals surface area contributed by atoms with Crippen LogP contribution in [0.25, 0.3) is 0 Å². The van der Waals surface area contributed by atoms with Gasteiger partial charge in [0.1, 0.15) is 5.75 Å². The average molecular weight is 342 g/mol. The van der Waals surface area contributed by atoms with Gasteiger partial charge >= 0.3 is 0 Å². The van der Waals surface area contributed by atoms with Gasteiger partial charge in [-0.15, -0.1) is 0 Å². The standard InChI is InChI=1S/C17H18N4O4/c22-13-4-2-7-19-15(13)17(25)21-8-5-12(14(23)10-21)20-16(24)11-3-1-6-18-9-11/h1-4,6-7,9,12,14,22-23H,5,8,10H2,(H,20,24)/t12-,14-/m1/s1. The molecule has 0 bridgehead atoms. The van der Waals surface area contributed by atoms with Gasteiger partial charge in [-0.2, -0.15) is 0 Å². The average Bonchev–Trinajstić information content (AvgIpc) is 2.64. The van der Waals surface area contributed by atoms with Gasteiger partial charge in [0.2, 0.25) is 0 Å². The Bertz CT molecular complexity index is 768. The third-order valence-corrected chi connectivity index (χ3v) is 4.10. The second-order valence-corrected chi connectivity index (χ2v) is 5.80. The first-order valence-corrected chi connectivity index (χ1v) is 7.88. The highest BCUT2D eigenvalue weighted by Crippen LogP contribution is 2.19. The van der Waals surface area contributed by atoms with E-state index in [1.165, 1.54) is 29.4 Å². The monoisotopic (exact) mass is 342 g/mol. The molecule has 0 aromatic carbocycles. The van der Waals surface area contributed by atoms with Crippen molar-refractivity contribution < 1.29 is 19.8 Å². The van der Waals surface area contributed by atoms with Crippen molar-refractivity contribution in [2.45, 2.75) is 18.6 Å². The number of aliphatic hydroxyl groups is 1. The number of likely N-dealkylation sites (tertiary alicyclic amines) is 1. The van der Waals surface area contributed by atoms with E-state index in [1.807, 2.05) is 0 Å². The number of hydrogen-bond donors (Lipinski definition) is 3. The maximum absolute atomic E-state index is 12.4. The molecule has 1 saturated heterocycles. The molecule has 2 aromatic rings. The molecule has 3 N–H and O–H groups in total. The van der Waals surface area contributed by atoms with Crippen molar-refractivity contribution in [1.82, 2.24) is 20.2 Å². The SMILES string of the molecule is O=C(N[C@@H]1CCN(C(=O)c2ncccc2O)C[C@H]1O)c1cccnc1. The summed E-state index contributed by atoms with van der Waals surface area (Å²) in [5, 5.41) is 22.8. The molecule has 0 unspecified atom stereocenters. The molecule has 1 aliphatic rings. The van der Waals surface area contributed by atoms with Crippen molar-refractivity contribution in [2.24, 2.45) is 0 Å². The van der Waals surface area contributed by atoms with Gasteiger partial charge in [-0.05, 0) is 30.7 Å². The molecular formula is C17H18N4O4. The zero-order valence-corrected chi connectivity index (χ0v) is 13.4. The number of aromatic hydroxyl groups is 1. The number of nitrogens with one attached hydrogen (secondary N) is 1. The Hall–Kier alpha value is -3.00. The molecular weight excluding hydrogens is 324 g/mol. The first-order valence-electron chi connectivity index (χ1n) is 7.88. The van der Waals surface area contributed by atoms with E-state index in [9.17, 15) is 19.8 Å². The van der Waals surface area contributed by atoms with Crippen LogP contribution in [0.3, 0.4) is 0 Å². The summed E-state index contributed by atoms with van der Waals surface area (Å²) in [4.78, 5) is 33.8. The van der Waals surface area contributed by atoms with Crippen LogP contribution in [0.2, 0.25) is 0 Å². The van der Waals surface area contributed by atoms with Crippen LogP contribution in [0, 0.1) is 0 Å². The second kappa shape index (κ2) is 7.27. The number of aromatic nitrogens is 2. The van der Waals surface area contributed by atoms with Crippen molar-refractivity contribution in [1.29, 1.82) is 0 Å². The number of amides is 2. The van der Waals surface area contributed by atoms with E-state index in [0.29, 0.717) is 18.5 Å². The van der Waals surface area contributed by atoms with Gasteiger partial charge in [-0.3, -0.25) is 14.6 Å². The van der Waals surface area contributed by atoms with Gasteiger partial charge in [0.15, 0.2) is 5.69 Å². The maximum Gasteiger partial charge on any atom is 0.276 e. The summed E-state index contributed by atoms with van der Waals surface area (Å²) >= 11 is 0. The largest absolute Gasteiger partial charge is 0.505 e. The Morgan fingerprint density at radius 3 is 2.72 bits per heavy atom. The van der Waals surface area contributed by atoms with E-state index in [-0.39, 0.29) is 23.9 Å². The van der Waals surface area contributed by atoms with Gasteiger partial charge < -0.3 is 20.4 Å². The minimum atomic E-state index is -0.913. The normalized spacial score (nSPS) is 20.1. The van der Waals surface area contributed by atoms with E-state index in [2.05, 4.69) is 15.3 Å². The quantitative estimate of drug-likeness (QED) is 0.733. The number of hydrogen-bond acceptors (Lipinski definition) is 6. The number of nitrogens with zero attached hydrogens (tertiary/aromatic N) is 3. The lowest BCUT2D eigenvalue weighted by Gasteiger charge is -2.36. The molecule has 3 heterocycles. The van der Waals surface area contributed by atoms with E-state index in [0.717, 1.165) is 0 Å². The number of rotatable bonds is 3. The summed E-state index contributed by atoms with van der Waals surface area (Å²) < 4.78 is 0. The zero-order valence-electron chi connectivity index (χ0n) is 13.4. The fourth-order valence-electron chi connectivity index (χ4n) is 2.74. The summed E-state index contributed by atoms with van der Waals surface area (Å²) in [6.45, 7) is 0.386. The van der Waals surface area contributed by atoms with Crippen molar-refractivity contribution in [2.75, 3.05) is 13.1 Å². The van der Waals surface area contributed by atoms with Crippen molar-refractivity contribution in [3.8, 4) is 5.75 Å². The number of carbonyl (C=O) groups is 2. The lowest BCUT2D eigenvalue weighted by molar-refractivity contribution is 0.0309. The van der Waals surface area contributed by atoms with Gasteiger partial charge in [-0.25, -0.2) is 4.98 Å². The van der Waals surface area contributed by atoms with Crippen LogP contribution in [0.15, 0.2) is 42.9 Å². The smallest absolute Gasteiger partial charge is 0.276 e. The third kappa shape index (κ3) is 3.74. The van der Waals surface area contributed by atoms with E-state index < -0.39 is 18.1 Å². The zero-order chi connectivity index (χ0) is 17.8. The predicted octanol–water partition coefficient (Wildman–Crippen LogP) is 0.188. The molecule has 1 fully saturated rings. The highest BCUT2D eigenvalue weighted by molar-refractivity contribution is 5.95. The Balaban J connectivity index is 1.62. The maximum atomic E-state index is 12.4. The Labute approximate surface area is 144 Å². The van der Waals surface area contributed by atoms with Crippen molar-refractivity contribution in [3.63, 3.8) is 0 Å². The molecule has 3 rings (SSSR count). The molecule has 130 valence electrons. The highest BCUT2D eigenvalue weighted by Gasteiger charge is 2.32. The summed E-state index contributed by atoms with van der Waals surface area (Å²) in [6.07, 6.45) is 3.92. The van der Waals surface area contributed by atoms with Crippen LogP contribution in [-0.2, 0) is 0 Å². The summed E-state index contributed by atoms with van der Waals surface area (Å²) in [5.74, 6) is -0.970. The molecule has 2 aromatic heterocycles. The topological polar surface area (TPSA) is 116 Å². The van der Waals surface area contributed by atoms with Crippen molar-refractivity contribution in [3.05, 3.63) is 54.1 Å². The van der Waals surface area contributed by atoms with Crippen LogP contribution < -0.4 is 5.32 Å². The Morgan fingerprint density at radius 2 is 2.04 bits per heavy atom. The van der Waals surface area contributed by atoms with Crippen LogP contribution in [-0.4, -0.2) is 62.1 Å². The number of β-amino-alcohol motifs (C(OH)–C–C–N with tert-alkyl or cyclic N) is 1. The van der Waals surface area contributed by atoms with Gasteiger partial charge in [-0.1, -0.05) is 0 Å². The van der Waals surface area contributed by atoms with E-state index in [1.54, 1.807) is 18.3 Å². The minimum absolute atomic E-state index is 0.0484. The molecule has 8 nitrogen and oxygen atoms in total. The molecule has 2 atom stereocenters. The Morgan fingerprint density at radius 1 is 1.24 bits per heavy atom. The predicted molar refractivity (Wildman–Crippen MR) is 87.9 cm³/mol. The molecule has 1 aliphatic heterocycles. The van der Waals surface area contributed by atoms with Gasteiger partial charge in [0, 0.05) is 31.7 Å². The third-order valence-electron chi connectivity index (χ3n) is 4.10. The fraction of sp³-hybridized carbons (Fsp3) is 0.294. The minimum Gasteiger partial charge on any atom is -0.505 e. The first-order chi connectivity index (χ1) is 12.1. The summed E-state index contributed by atoms with van der Waals surface area (Å²) in [7, 11) is 0. The van der Waals surface area contributed by atoms with Crippen LogP contribution >= 0.6 is 0 Å². The van der Waals surface area contributed by atoms with Gasteiger partial charge in [0.25, 0.3) is 11.8 Å². The number of aliphatic hydroxyl groups excluding tert-OH is 1. The van der Waals surface area contributed by atoms with E-state index in [4.69, 9.17) is 0 Å². The number of piperidine rings is 1. The van der Waals surface area contributed by atoms with Gasteiger partial charge in [0.05, 0.1) is 17.7 Å². The molecule has 25 heavy (non-hydrogen) atoms. The molecule has 0 aliphatic carbocycles. The molecule has 0 spiro atoms. The summed E-state index contributed by atoms with van der Waals surface area (Å²) in [5.41, 5.74) is 0.360. The van der Waals surface area contributed by atoms with Crippen LogP contribution in [0.4, 0.5) is 0 Å². The lowest BCUT2D eigenvalue weighted by Crippen LogP contribution is -2.55. The first kappa shape index (κ1) is 16.8. The molecule has 8 heteroatoms. The summed E-state index contributed by atoms with van der Waals surface area (Å²) in [6, 6.07) is 5.75. The second-order valence-electron chi connectivity index (χ2n) is 5.80. The van der Waals surface area contributed by atoms with Crippen LogP contribution in [0.5, 0.6) is 5.75 Å². The number of pyridine rings is 2. The number of carbonyl (C=O) groups excluding carboxylic acids is 2. The molecule has 0 saturated carbocycles. The lowest BCUT2D eigenvalue weighted by atomic mass is 10.0. The fourth-order valence-corrected chi connectivity index (χ4v) is 2.74. The van der Waals surface area contributed by atoms with E-state index >= 15 is 0 Å². The highest BCUT2D eigenvalue weighted by atomic mass is 16.3. The Kier molecular flexibility index (Phi) is 4.90. The molecule has 0 radical (unpaired) electrons. The molecule has 2 amide bonds. The van der Waals surface area contributed by atoms with Crippen molar-refractivity contribution >= 4 is 11.8 Å².